The highest BCUT2D eigenvalue weighted by Gasteiger charge is 2.62. The molecule has 4 aliphatic carbocycles. The zero-order chi connectivity index (χ0) is 55.1. The summed E-state index contributed by atoms with van der Waals surface area (Å²) in [5.41, 5.74) is 13.1. The van der Waals surface area contributed by atoms with E-state index in [4.69, 9.17) is 26.0 Å². The second-order valence-electron chi connectivity index (χ2n) is 22.1. The first-order chi connectivity index (χ1) is 36.4. The normalized spacial score (nSPS) is 20.5. The van der Waals surface area contributed by atoms with Crippen LogP contribution in [0.1, 0.15) is 130 Å². The standard InChI is InChI=1S/C57H89N11O8/c1-37(2)43-33-40(55(72)67(6)27-15-25-65(4)24-14-26-66(5)36-61-23-12-10-17-45(53(59)70)62-35-49(69)44(60-3)16-9-11-22-58)20-21-47(43)68-48(52-50(75-7)18-13-19-51(52)76-8)34-46(64-68)54(71)63-57(56(73)74)41-29-38-28-39(31-41)32-42(57)30-38/h13,18-21,33-34,37-39,41-42,44-45,60-62H,9-12,14-17,22-32,35-36,58H2,1-8H3,(H2,59,70)(H,63,71)(H,73,74). The summed E-state index contributed by atoms with van der Waals surface area (Å²) < 4.78 is 13.4. The number of carboxylic acid groups (broad SMARTS) is 1. The maximum atomic E-state index is 14.5. The molecule has 3 aromatic rings. The third kappa shape index (κ3) is 14.8. The van der Waals surface area contributed by atoms with Crippen molar-refractivity contribution in [3.05, 3.63) is 59.3 Å². The number of nitrogens with zero attached hydrogens (tertiary/aromatic N) is 5. The number of hydrogen-bond acceptors (Lipinski definition) is 14. The number of hydrogen-bond donors (Lipinski definition) is 7. The highest BCUT2D eigenvalue weighted by Crippen LogP contribution is 2.58. The molecule has 4 fully saturated rings. The second kappa shape index (κ2) is 28.3. The smallest absolute Gasteiger partial charge is 0.330 e. The van der Waals surface area contributed by atoms with Gasteiger partial charge in [0.25, 0.3) is 11.8 Å². The molecular weight excluding hydrogens is 967 g/mol. The van der Waals surface area contributed by atoms with Gasteiger partial charge in [-0.25, -0.2) is 9.48 Å². The van der Waals surface area contributed by atoms with Crippen molar-refractivity contribution in [2.45, 2.75) is 121 Å². The van der Waals surface area contributed by atoms with E-state index in [0.29, 0.717) is 71.8 Å². The van der Waals surface area contributed by atoms with Gasteiger partial charge in [-0.15, -0.1) is 0 Å². The van der Waals surface area contributed by atoms with Crippen molar-refractivity contribution in [1.29, 1.82) is 0 Å². The van der Waals surface area contributed by atoms with Gasteiger partial charge in [0.1, 0.15) is 17.0 Å². The van der Waals surface area contributed by atoms with Crippen molar-refractivity contribution in [2.75, 3.05) is 94.9 Å². The third-order valence-corrected chi connectivity index (χ3v) is 16.3. The van der Waals surface area contributed by atoms with E-state index >= 15 is 0 Å². The van der Waals surface area contributed by atoms with Gasteiger partial charge in [0, 0.05) is 32.4 Å². The third-order valence-electron chi connectivity index (χ3n) is 16.3. The first kappa shape index (κ1) is 59.8. The van der Waals surface area contributed by atoms with Gasteiger partial charge in [0.2, 0.25) is 5.91 Å². The van der Waals surface area contributed by atoms with E-state index in [0.717, 1.165) is 109 Å². The predicted molar refractivity (Wildman–Crippen MR) is 296 cm³/mol. The number of primary amides is 1. The summed E-state index contributed by atoms with van der Waals surface area (Å²) in [6.45, 7) is 9.58. The molecule has 4 saturated carbocycles. The average Bonchev–Trinajstić information content (AvgIpc) is 3.89. The van der Waals surface area contributed by atoms with Crippen LogP contribution >= 0.6 is 0 Å². The van der Waals surface area contributed by atoms with Gasteiger partial charge in [-0.05, 0) is 190 Å². The summed E-state index contributed by atoms with van der Waals surface area (Å²) in [6, 6.07) is 11.9. The van der Waals surface area contributed by atoms with E-state index in [1.54, 1.807) is 43.0 Å². The average molecular weight is 1060 g/mol. The van der Waals surface area contributed by atoms with Crippen LogP contribution < -0.4 is 42.2 Å². The molecule has 7 rings (SSSR count). The number of likely N-dealkylation sites (N-methyl/N-ethyl adjacent to an activating group) is 1. The lowest BCUT2D eigenvalue weighted by molar-refractivity contribution is -0.163. The number of unbranched alkanes of at least 4 members (excludes halogenated alkanes) is 2. The van der Waals surface area contributed by atoms with Crippen LogP contribution in [0.4, 0.5) is 0 Å². The molecule has 4 bridgehead atoms. The van der Waals surface area contributed by atoms with E-state index < -0.39 is 29.4 Å². The van der Waals surface area contributed by atoms with Gasteiger partial charge in [0.15, 0.2) is 11.5 Å². The molecule has 19 nitrogen and oxygen atoms in total. The van der Waals surface area contributed by atoms with Crippen molar-refractivity contribution in [3.8, 4) is 28.4 Å². The number of methoxy groups -OCH3 is 2. The van der Waals surface area contributed by atoms with Crippen LogP contribution in [-0.4, -0.2) is 172 Å². The molecule has 0 spiro atoms. The molecule has 3 amide bonds. The summed E-state index contributed by atoms with van der Waals surface area (Å²) in [5, 5.41) is 28.5. The van der Waals surface area contributed by atoms with Gasteiger partial charge in [-0.2, -0.15) is 5.10 Å². The van der Waals surface area contributed by atoms with Crippen molar-refractivity contribution >= 4 is 29.5 Å². The SMILES string of the molecule is CNC(CCCCN)C(=O)CNC(CCCCNCN(C)CCCN(C)CCCN(C)C(=O)c1ccc(-n2nc(C(=O)NC3(C(=O)O)C4CC5CC(C4)CC3C5)cc2-c2c(OC)cccc2OC)c(C(C)C)c1)C(N)=O. The molecule has 76 heavy (non-hydrogen) atoms. The highest BCUT2D eigenvalue weighted by molar-refractivity contribution is 5.98. The Morgan fingerprint density at radius 3 is 2.03 bits per heavy atom. The van der Waals surface area contributed by atoms with E-state index in [1.165, 1.54) is 0 Å². The monoisotopic (exact) mass is 1060 g/mol. The number of ketones is 1. The number of benzene rings is 2. The Morgan fingerprint density at radius 2 is 1.43 bits per heavy atom. The Hall–Kier alpha value is -5.44. The fourth-order valence-electron chi connectivity index (χ4n) is 12.3. The molecule has 2 aromatic carbocycles. The van der Waals surface area contributed by atoms with Crippen LogP contribution in [0, 0.1) is 23.7 Å². The quantitative estimate of drug-likeness (QED) is 0.0312. The maximum absolute atomic E-state index is 14.5. The molecule has 420 valence electrons. The van der Waals surface area contributed by atoms with Gasteiger partial charge in [-0.1, -0.05) is 32.8 Å². The van der Waals surface area contributed by atoms with E-state index in [-0.39, 0.29) is 47.7 Å². The van der Waals surface area contributed by atoms with Crippen molar-refractivity contribution in [3.63, 3.8) is 0 Å². The Bertz CT molecular complexity index is 2380. The van der Waals surface area contributed by atoms with Crippen LogP contribution in [0.5, 0.6) is 11.5 Å². The molecular formula is C57H89N11O8. The molecule has 0 saturated heterocycles. The minimum absolute atomic E-state index is 0.0186. The molecule has 0 aliphatic heterocycles. The molecule has 2 unspecified atom stereocenters. The minimum atomic E-state index is -1.35. The van der Waals surface area contributed by atoms with Crippen molar-refractivity contribution in [1.82, 2.24) is 45.7 Å². The van der Waals surface area contributed by atoms with Crippen molar-refractivity contribution < 1.29 is 38.6 Å². The molecule has 0 radical (unpaired) electrons. The highest BCUT2D eigenvalue weighted by atomic mass is 16.5. The summed E-state index contributed by atoms with van der Waals surface area (Å²) >= 11 is 0. The number of aliphatic carboxylic acids is 1. The summed E-state index contributed by atoms with van der Waals surface area (Å²) in [7, 11) is 10.9. The zero-order valence-corrected chi connectivity index (χ0v) is 46.6. The Labute approximate surface area is 450 Å². The van der Waals surface area contributed by atoms with Gasteiger partial charge in [-0.3, -0.25) is 29.4 Å². The summed E-state index contributed by atoms with van der Waals surface area (Å²) in [5.74, 6) is -0.316. The number of ether oxygens (including phenoxy) is 2. The molecule has 2 atom stereocenters. The number of aromatic nitrogens is 2. The van der Waals surface area contributed by atoms with Crippen LogP contribution in [0.3, 0.4) is 0 Å². The molecule has 4 aliphatic rings. The van der Waals surface area contributed by atoms with Crippen molar-refractivity contribution in [2.24, 2.45) is 35.1 Å². The molecule has 1 heterocycles. The minimum Gasteiger partial charge on any atom is -0.496 e. The first-order valence-electron chi connectivity index (χ1n) is 27.7. The number of carboxylic acids is 1. The lowest BCUT2D eigenvalue weighted by Gasteiger charge is -2.59. The fourth-order valence-corrected chi connectivity index (χ4v) is 12.3. The number of carbonyl (C=O) groups excluding carboxylic acids is 4. The van der Waals surface area contributed by atoms with Crippen LogP contribution in [0.2, 0.25) is 0 Å². The maximum Gasteiger partial charge on any atom is 0.330 e. The summed E-state index contributed by atoms with van der Waals surface area (Å²) in [6.07, 6.45) is 10.9. The Morgan fingerprint density at radius 1 is 0.816 bits per heavy atom. The van der Waals surface area contributed by atoms with Gasteiger partial charge in [0.05, 0.1) is 49.8 Å². The fraction of sp³-hybridized carbons (Fsp3) is 0.649. The van der Waals surface area contributed by atoms with Crippen LogP contribution in [0.25, 0.3) is 16.9 Å². The van der Waals surface area contributed by atoms with Gasteiger partial charge < -0.3 is 51.8 Å². The Kier molecular flexibility index (Phi) is 22.2. The number of rotatable bonds is 34. The number of nitrogens with one attached hydrogen (secondary N) is 4. The van der Waals surface area contributed by atoms with E-state index in [1.807, 2.05) is 37.4 Å². The largest absolute Gasteiger partial charge is 0.496 e. The Balaban J connectivity index is 0.997. The predicted octanol–water partition coefficient (Wildman–Crippen LogP) is 4.85. The summed E-state index contributed by atoms with van der Waals surface area (Å²) in [4.78, 5) is 72.8. The molecule has 19 heteroatoms. The number of Topliss-reactive ketones (excluding diaryl/α,β-unsaturated/α-hetero) is 1. The first-order valence-corrected chi connectivity index (χ1v) is 27.7. The number of amides is 3. The lowest BCUT2D eigenvalue weighted by atomic mass is 9.48. The molecule has 1 aromatic heterocycles. The lowest BCUT2D eigenvalue weighted by Crippen LogP contribution is -2.70. The topological polar surface area (TPSA) is 252 Å². The van der Waals surface area contributed by atoms with Crippen LogP contribution in [-0.2, 0) is 14.4 Å². The number of nitrogens with two attached hydrogens (primary N) is 2. The second-order valence-corrected chi connectivity index (χ2v) is 22.1. The van der Waals surface area contributed by atoms with Crippen LogP contribution in [0.15, 0.2) is 42.5 Å². The molecule has 9 N–H and O–H groups in total. The zero-order valence-electron chi connectivity index (χ0n) is 46.6. The van der Waals surface area contributed by atoms with E-state index in [2.05, 4.69) is 59.0 Å². The number of carbonyl (C=O) groups is 5. The van der Waals surface area contributed by atoms with E-state index in [9.17, 15) is 29.1 Å². The van der Waals surface area contributed by atoms with Gasteiger partial charge >= 0.3 is 5.97 Å².